The molecular weight excluding hydrogens is 367 g/mol. The SMILES string of the molecule is CCCN(CCC)C(=O)c1ccc(-c2cc(C(=O)NC3CC3)cc(F)c2C)cc1. The van der Waals surface area contributed by atoms with Crippen LogP contribution in [0.4, 0.5) is 4.39 Å². The normalized spacial score (nSPS) is 13.2. The molecule has 3 rings (SSSR count). The Morgan fingerprint density at radius 2 is 1.66 bits per heavy atom. The molecule has 0 radical (unpaired) electrons. The molecule has 0 aromatic heterocycles. The molecule has 1 fully saturated rings. The van der Waals surface area contributed by atoms with Crippen molar-refractivity contribution < 1.29 is 14.0 Å². The average Bonchev–Trinajstić information content (AvgIpc) is 3.53. The van der Waals surface area contributed by atoms with Crippen molar-refractivity contribution in [2.45, 2.75) is 52.5 Å². The Morgan fingerprint density at radius 3 is 2.21 bits per heavy atom. The quantitative estimate of drug-likeness (QED) is 0.686. The second kappa shape index (κ2) is 9.21. The lowest BCUT2D eigenvalue weighted by molar-refractivity contribution is 0.0755. The second-order valence-electron chi connectivity index (χ2n) is 7.75. The molecule has 2 aromatic carbocycles. The van der Waals surface area contributed by atoms with E-state index in [0.717, 1.165) is 44.3 Å². The Labute approximate surface area is 172 Å². The van der Waals surface area contributed by atoms with Crippen LogP contribution in [0.15, 0.2) is 36.4 Å². The molecule has 0 atom stereocenters. The van der Waals surface area contributed by atoms with E-state index in [-0.39, 0.29) is 17.9 Å². The number of nitrogens with one attached hydrogen (secondary N) is 1. The van der Waals surface area contributed by atoms with Gasteiger partial charge in [-0.05, 0) is 73.6 Å². The van der Waals surface area contributed by atoms with E-state index >= 15 is 0 Å². The van der Waals surface area contributed by atoms with Gasteiger partial charge in [0.1, 0.15) is 5.82 Å². The van der Waals surface area contributed by atoms with Crippen LogP contribution in [0.5, 0.6) is 0 Å². The number of carbonyl (C=O) groups excluding carboxylic acids is 2. The van der Waals surface area contributed by atoms with E-state index in [4.69, 9.17) is 0 Å². The molecular formula is C24H29FN2O2. The van der Waals surface area contributed by atoms with Crippen LogP contribution >= 0.6 is 0 Å². The van der Waals surface area contributed by atoms with Gasteiger partial charge >= 0.3 is 0 Å². The highest BCUT2D eigenvalue weighted by atomic mass is 19.1. The van der Waals surface area contributed by atoms with E-state index in [1.165, 1.54) is 6.07 Å². The summed E-state index contributed by atoms with van der Waals surface area (Å²) in [6.07, 6.45) is 3.79. The van der Waals surface area contributed by atoms with Gasteiger partial charge in [-0.15, -0.1) is 0 Å². The first-order valence-corrected chi connectivity index (χ1v) is 10.4. The largest absolute Gasteiger partial charge is 0.349 e. The maximum atomic E-state index is 14.5. The molecule has 2 aromatic rings. The fraction of sp³-hybridized carbons (Fsp3) is 0.417. The Balaban J connectivity index is 1.86. The fourth-order valence-corrected chi connectivity index (χ4v) is 3.44. The molecule has 1 N–H and O–H groups in total. The van der Waals surface area contributed by atoms with Gasteiger partial charge in [-0.2, -0.15) is 0 Å². The van der Waals surface area contributed by atoms with Crippen LogP contribution in [0.1, 0.15) is 65.8 Å². The number of hydrogen-bond donors (Lipinski definition) is 1. The molecule has 0 spiro atoms. The Hall–Kier alpha value is -2.69. The highest BCUT2D eigenvalue weighted by molar-refractivity contribution is 5.97. The van der Waals surface area contributed by atoms with E-state index in [9.17, 15) is 14.0 Å². The van der Waals surface area contributed by atoms with Gasteiger partial charge in [0.05, 0.1) is 0 Å². The van der Waals surface area contributed by atoms with Crippen LogP contribution in [0, 0.1) is 12.7 Å². The molecule has 29 heavy (non-hydrogen) atoms. The molecule has 1 aliphatic carbocycles. The van der Waals surface area contributed by atoms with Crippen LogP contribution in [0.2, 0.25) is 0 Å². The van der Waals surface area contributed by atoms with Crippen molar-refractivity contribution >= 4 is 11.8 Å². The van der Waals surface area contributed by atoms with Crippen molar-refractivity contribution in [3.8, 4) is 11.1 Å². The van der Waals surface area contributed by atoms with Crippen LogP contribution in [-0.2, 0) is 0 Å². The molecule has 154 valence electrons. The Morgan fingerprint density at radius 1 is 1.03 bits per heavy atom. The maximum Gasteiger partial charge on any atom is 0.253 e. The molecule has 0 bridgehead atoms. The summed E-state index contributed by atoms with van der Waals surface area (Å²) in [6, 6.07) is 10.5. The number of nitrogens with zero attached hydrogens (tertiary/aromatic N) is 1. The maximum absolute atomic E-state index is 14.5. The van der Waals surface area contributed by atoms with E-state index < -0.39 is 5.82 Å². The van der Waals surface area contributed by atoms with Crippen molar-refractivity contribution in [3.05, 3.63) is 58.9 Å². The molecule has 1 saturated carbocycles. The van der Waals surface area contributed by atoms with Gasteiger partial charge in [-0.1, -0.05) is 26.0 Å². The van der Waals surface area contributed by atoms with Crippen LogP contribution in [-0.4, -0.2) is 35.8 Å². The van der Waals surface area contributed by atoms with E-state index in [0.29, 0.717) is 22.3 Å². The highest BCUT2D eigenvalue weighted by Crippen LogP contribution is 2.28. The summed E-state index contributed by atoms with van der Waals surface area (Å²) in [5, 5.41) is 2.90. The summed E-state index contributed by atoms with van der Waals surface area (Å²) in [7, 11) is 0. The average molecular weight is 397 g/mol. The zero-order chi connectivity index (χ0) is 21.0. The van der Waals surface area contributed by atoms with Gasteiger partial charge in [0.25, 0.3) is 11.8 Å². The third-order valence-electron chi connectivity index (χ3n) is 5.24. The van der Waals surface area contributed by atoms with Crippen molar-refractivity contribution in [1.82, 2.24) is 10.2 Å². The number of carbonyl (C=O) groups is 2. The lowest BCUT2D eigenvalue weighted by Gasteiger charge is -2.21. The summed E-state index contributed by atoms with van der Waals surface area (Å²) >= 11 is 0. The van der Waals surface area contributed by atoms with Crippen molar-refractivity contribution in [1.29, 1.82) is 0 Å². The first kappa shape index (κ1) is 21.0. The number of rotatable bonds is 8. The summed E-state index contributed by atoms with van der Waals surface area (Å²) in [5.74, 6) is -0.629. The number of halogens is 1. The van der Waals surface area contributed by atoms with Crippen molar-refractivity contribution in [2.24, 2.45) is 0 Å². The van der Waals surface area contributed by atoms with Crippen LogP contribution in [0.3, 0.4) is 0 Å². The van der Waals surface area contributed by atoms with E-state index in [2.05, 4.69) is 19.2 Å². The topological polar surface area (TPSA) is 49.4 Å². The van der Waals surface area contributed by atoms with E-state index in [1.54, 1.807) is 25.1 Å². The van der Waals surface area contributed by atoms with Crippen molar-refractivity contribution in [3.63, 3.8) is 0 Å². The molecule has 0 saturated heterocycles. The predicted octanol–water partition coefficient (Wildman–Crippen LogP) is 4.96. The van der Waals surface area contributed by atoms with Gasteiger partial charge in [0, 0.05) is 30.3 Å². The second-order valence-corrected chi connectivity index (χ2v) is 7.75. The van der Waals surface area contributed by atoms with Crippen molar-refractivity contribution in [2.75, 3.05) is 13.1 Å². The molecule has 4 nitrogen and oxygen atoms in total. The minimum absolute atomic E-state index is 0.0146. The first-order valence-electron chi connectivity index (χ1n) is 10.4. The molecule has 0 heterocycles. The molecule has 5 heteroatoms. The smallest absolute Gasteiger partial charge is 0.253 e. The minimum atomic E-state index is -0.402. The van der Waals surface area contributed by atoms with Crippen LogP contribution < -0.4 is 5.32 Å². The highest BCUT2D eigenvalue weighted by Gasteiger charge is 2.24. The summed E-state index contributed by atoms with van der Waals surface area (Å²) in [6.45, 7) is 7.29. The van der Waals surface area contributed by atoms with Gasteiger partial charge in [0.2, 0.25) is 0 Å². The lowest BCUT2D eigenvalue weighted by atomic mass is 9.96. The predicted molar refractivity (Wildman–Crippen MR) is 114 cm³/mol. The molecule has 1 aliphatic rings. The monoisotopic (exact) mass is 396 g/mol. The van der Waals surface area contributed by atoms with Gasteiger partial charge in [-0.25, -0.2) is 4.39 Å². The fourth-order valence-electron chi connectivity index (χ4n) is 3.44. The standard InChI is InChI=1S/C24H29FN2O2/c1-4-12-27(13-5-2)24(29)18-8-6-17(7-9-18)21-14-19(15-22(25)16(21)3)23(28)26-20-10-11-20/h6-9,14-15,20H,4-5,10-13H2,1-3H3,(H,26,28). The zero-order valence-electron chi connectivity index (χ0n) is 17.4. The van der Waals surface area contributed by atoms with Gasteiger partial charge in [-0.3, -0.25) is 9.59 Å². The molecule has 0 aliphatic heterocycles. The van der Waals surface area contributed by atoms with Gasteiger partial charge < -0.3 is 10.2 Å². The molecule has 0 unspecified atom stereocenters. The third-order valence-corrected chi connectivity index (χ3v) is 5.24. The van der Waals surface area contributed by atoms with Crippen LogP contribution in [0.25, 0.3) is 11.1 Å². The zero-order valence-corrected chi connectivity index (χ0v) is 17.4. The number of amides is 2. The number of hydrogen-bond acceptors (Lipinski definition) is 2. The Bertz CT molecular complexity index is 882. The minimum Gasteiger partial charge on any atom is -0.349 e. The third kappa shape index (κ3) is 5.03. The summed E-state index contributed by atoms with van der Waals surface area (Å²) < 4.78 is 14.5. The summed E-state index contributed by atoms with van der Waals surface area (Å²) in [4.78, 5) is 27.0. The lowest BCUT2D eigenvalue weighted by Crippen LogP contribution is -2.32. The number of benzene rings is 2. The Kier molecular flexibility index (Phi) is 6.68. The van der Waals surface area contributed by atoms with Gasteiger partial charge in [0.15, 0.2) is 0 Å². The summed E-state index contributed by atoms with van der Waals surface area (Å²) in [5.41, 5.74) is 2.90. The molecule has 2 amide bonds. The first-order chi connectivity index (χ1) is 13.9. The van der Waals surface area contributed by atoms with E-state index in [1.807, 2.05) is 17.0 Å².